The molecule has 2 heterocycles. The van der Waals surface area contributed by atoms with Crippen LogP contribution in [0.15, 0.2) is 47.1 Å². The largest absolute Gasteiger partial charge is 0.394 e. The fraction of sp³-hybridized carbons (Fsp3) is 0.143. The van der Waals surface area contributed by atoms with Crippen molar-refractivity contribution in [3.8, 4) is 11.3 Å². The molecule has 0 aliphatic carbocycles. The normalized spacial score (nSPS) is 11.1. The monoisotopic (exact) mass is 317 g/mol. The maximum Gasteiger partial charge on any atom is 0.158 e. The molecule has 5 heteroatoms. The SMILES string of the molecule is OCCn1nc(-c2ccccc2)c2cc(Br)cnc21. The summed E-state index contributed by atoms with van der Waals surface area (Å²) in [5.74, 6) is 0. The Labute approximate surface area is 118 Å². The Morgan fingerprint density at radius 1 is 1.21 bits per heavy atom. The van der Waals surface area contributed by atoms with Crippen molar-refractivity contribution in [1.29, 1.82) is 0 Å². The number of nitrogens with zero attached hydrogens (tertiary/aromatic N) is 3. The molecule has 0 bridgehead atoms. The van der Waals surface area contributed by atoms with Crippen LogP contribution in [0.2, 0.25) is 0 Å². The van der Waals surface area contributed by atoms with E-state index in [9.17, 15) is 0 Å². The lowest BCUT2D eigenvalue weighted by molar-refractivity contribution is 0.271. The summed E-state index contributed by atoms with van der Waals surface area (Å²) in [7, 11) is 0. The summed E-state index contributed by atoms with van der Waals surface area (Å²) < 4.78 is 2.66. The first-order chi connectivity index (χ1) is 9.29. The molecule has 3 rings (SSSR count). The van der Waals surface area contributed by atoms with Crippen molar-refractivity contribution in [2.75, 3.05) is 6.61 Å². The summed E-state index contributed by atoms with van der Waals surface area (Å²) in [4.78, 5) is 4.39. The van der Waals surface area contributed by atoms with Gasteiger partial charge in [-0.25, -0.2) is 9.67 Å². The molecule has 0 fully saturated rings. The van der Waals surface area contributed by atoms with Crippen LogP contribution in [0.25, 0.3) is 22.3 Å². The van der Waals surface area contributed by atoms with Crippen LogP contribution in [0.4, 0.5) is 0 Å². The number of pyridine rings is 1. The summed E-state index contributed by atoms with van der Waals surface area (Å²) in [6.07, 6.45) is 1.74. The van der Waals surface area contributed by atoms with Crippen molar-refractivity contribution in [2.24, 2.45) is 0 Å². The number of hydrogen-bond acceptors (Lipinski definition) is 3. The third-order valence-electron chi connectivity index (χ3n) is 2.91. The van der Waals surface area contributed by atoms with Crippen LogP contribution in [-0.4, -0.2) is 26.5 Å². The van der Waals surface area contributed by atoms with Gasteiger partial charge >= 0.3 is 0 Å². The molecule has 0 atom stereocenters. The lowest BCUT2D eigenvalue weighted by Gasteiger charge is -1.98. The van der Waals surface area contributed by atoms with Crippen molar-refractivity contribution >= 4 is 27.0 Å². The minimum Gasteiger partial charge on any atom is -0.394 e. The van der Waals surface area contributed by atoms with Gasteiger partial charge in [0.2, 0.25) is 0 Å². The van der Waals surface area contributed by atoms with Gasteiger partial charge in [0.1, 0.15) is 5.69 Å². The molecular formula is C14H12BrN3O. The molecule has 1 N–H and O–H groups in total. The number of rotatable bonds is 3. The van der Waals surface area contributed by atoms with E-state index in [1.165, 1.54) is 0 Å². The number of hydrogen-bond donors (Lipinski definition) is 1. The van der Waals surface area contributed by atoms with Crippen LogP contribution < -0.4 is 0 Å². The standard InChI is InChI=1S/C14H12BrN3O/c15-11-8-12-13(10-4-2-1-3-5-10)17-18(6-7-19)14(12)16-9-11/h1-5,8-9,19H,6-7H2. The molecule has 0 saturated carbocycles. The Bertz CT molecular complexity index is 709. The molecule has 0 amide bonds. The fourth-order valence-electron chi connectivity index (χ4n) is 2.09. The van der Waals surface area contributed by atoms with Crippen LogP contribution >= 0.6 is 15.9 Å². The molecular weight excluding hydrogens is 306 g/mol. The van der Waals surface area contributed by atoms with Crippen molar-refractivity contribution in [3.05, 3.63) is 47.1 Å². The number of benzene rings is 1. The van der Waals surface area contributed by atoms with Gasteiger partial charge in [-0.05, 0) is 22.0 Å². The van der Waals surface area contributed by atoms with E-state index < -0.39 is 0 Å². The van der Waals surface area contributed by atoms with E-state index >= 15 is 0 Å². The molecule has 0 aliphatic rings. The molecule has 4 nitrogen and oxygen atoms in total. The van der Waals surface area contributed by atoms with Crippen LogP contribution in [0.3, 0.4) is 0 Å². The van der Waals surface area contributed by atoms with Gasteiger partial charge in [-0.15, -0.1) is 0 Å². The molecule has 3 aromatic rings. The van der Waals surface area contributed by atoms with Gasteiger partial charge in [0.05, 0.1) is 13.2 Å². The molecule has 1 aromatic carbocycles. The predicted molar refractivity (Wildman–Crippen MR) is 77.7 cm³/mol. The van der Waals surface area contributed by atoms with Gasteiger partial charge in [0, 0.05) is 21.6 Å². The zero-order valence-electron chi connectivity index (χ0n) is 10.1. The van der Waals surface area contributed by atoms with Crippen molar-refractivity contribution < 1.29 is 5.11 Å². The second-order valence-electron chi connectivity index (χ2n) is 4.19. The average molecular weight is 318 g/mol. The van der Waals surface area contributed by atoms with Crippen LogP contribution in [0, 0.1) is 0 Å². The summed E-state index contributed by atoms with van der Waals surface area (Å²) in [6, 6.07) is 12.0. The second kappa shape index (κ2) is 5.11. The number of halogens is 1. The van der Waals surface area contributed by atoms with Crippen LogP contribution in [0.1, 0.15) is 0 Å². The maximum atomic E-state index is 9.12. The zero-order chi connectivity index (χ0) is 13.2. The summed E-state index contributed by atoms with van der Waals surface area (Å²) >= 11 is 3.44. The van der Waals surface area contributed by atoms with E-state index in [1.54, 1.807) is 10.9 Å². The molecule has 0 saturated heterocycles. The van der Waals surface area contributed by atoms with Crippen molar-refractivity contribution in [1.82, 2.24) is 14.8 Å². The fourth-order valence-corrected chi connectivity index (χ4v) is 2.43. The highest BCUT2D eigenvalue weighted by Gasteiger charge is 2.13. The van der Waals surface area contributed by atoms with E-state index in [-0.39, 0.29) is 6.61 Å². The Morgan fingerprint density at radius 2 is 2.00 bits per heavy atom. The highest BCUT2D eigenvalue weighted by molar-refractivity contribution is 9.10. The lowest BCUT2D eigenvalue weighted by atomic mass is 10.1. The zero-order valence-corrected chi connectivity index (χ0v) is 11.7. The van der Waals surface area contributed by atoms with Crippen molar-refractivity contribution in [2.45, 2.75) is 6.54 Å². The van der Waals surface area contributed by atoms with Gasteiger partial charge in [-0.1, -0.05) is 30.3 Å². The number of aliphatic hydroxyl groups excluding tert-OH is 1. The van der Waals surface area contributed by atoms with Crippen LogP contribution in [-0.2, 0) is 6.54 Å². The highest BCUT2D eigenvalue weighted by Crippen LogP contribution is 2.28. The van der Waals surface area contributed by atoms with Gasteiger partial charge in [-0.2, -0.15) is 5.10 Å². The Morgan fingerprint density at radius 3 is 2.74 bits per heavy atom. The minimum atomic E-state index is 0.0444. The van der Waals surface area contributed by atoms with Crippen molar-refractivity contribution in [3.63, 3.8) is 0 Å². The molecule has 0 aliphatic heterocycles. The molecule has 96 valence electrons. The molecule has 19 heavy (non-hydrogen) atoms. The minimum absolute atomic E-state index is 0.0444. The summed E-state index contributed by atoms with van der Waals surface area (Å²) in [5, 5.41) is 14.7. The Kier molecular flexibility index (Phi) is 3.31. The third kappa shape index (κ3) is 2.27. The van der Waals surface area contributed by atoms with E-state index in [2.05, 4.69) is 26.0 Å². The molecule has 0 unspecified atom stereocenters. The Balaban J connectivity index is 2.26. The molecule has 0 radical (unpaired) electrons. The van der Waals surface area contributed by atoms with Gasteiger partial charge in [0.25, 0.3) is 0 Å². The number of aromatic nitrogens is 3. The first-order valence-corrected chi connectivity index (χ1v) is 6.77. The Hall–Kier alpha value is -1.72. The van der Waals surface area contributed by atoms with E-state index in [1.807, 2.05) is 36.4 Å². The van der Waals surface area contributed by atoms with E-state index in [0.29, 0.717) is 6.54 Å². The predicted octanol–water partition coefficient (Wildman–Crippen LogP) is 2.85. The first kappa shape index (κ1) is 12.3. The average Bonchev–Trinajstić information content (AvgIpc) is 2.78. The van der Waals surface area contributed by atoms with E-state index in [0.717, 1.165) is 26.8 Å². The van der Waals surface area contributed by atoms with Gasteiger partial charge in [-0.3, -0.25) is 0 Å². The summed E-state index contributed by atoms with van der Waals surface area (Å²) in [5.41, 5.74) is 2.72. The lowest BCUT2D eigenvalue weighted by Crippen LogP contribution is -2.04. The highest BCUT2D eigenvalue weighted by atomic mass is 79.9. The number of aliphatic hydroxyl groups is 1. The van der Waals surface area contributed by atoms with Gasteiger partial charge < -0.3 is 5.11 Å². The smallest absolute Gasteiger partial charge is 0.158 e. The summed E-state index contributed by atoms with van der Waals surface area (Å²) in [6.45, 7) is 0.487. The van der Waals surface area contributed by atoms with E-state index in [4.69, 9.17) is 5.11 Å². The maximum absolute atomic E-state index is 9.12. The molecule has 0 spiro atoms. The topological polar surface area (TPSA) is 50.9 Å². The first-order valence-electron chi connectivity index (χ1n) is 5.98. The third-order valence-corrected chi connectivity index (χ3v) is 3.35. The second-order valence-corrected chi connectivity index (χ2v) is 5.10. The number of fused-ring (bicyclic) bond motifs is 1. The quantitative estimate of drug-likeness (QED) is 0.808. The van der Waals surface area contributed by atoms with Crippen LogP contribution in [0.5, 0.6) is 0 Å². The molecule has 2 aromatic heterocycles. The van der Waals surface area contributed by atoms with Gasteiger partial charge in [0.15, 0.2) is 5.65 Å².